The Morgan fingerprint density at radius 3 is 2.43 bits per heavy atom. The molecular formula is C22H22N4O2. The maximum atomic E-state index is 12.2. The van der Waals surface area contributed by atoms with Crippen LogP contribution in [0.5, 0.6) is 0 Å². The molecule has 6 heteroatoms. The van der Waals surface area contributed by atoms with Crippen LogP contribution in [0, 0.1) is 11.8 Å². The van der Waals surface area contributed by atoms with Gasteiger partial charge in [0, 0.05) is 44.0 Å². The van der Waals surface area contributed by atoms with Crippen molar-refractivity contribution in [2.24, 2.45) is 11.8 Å². The molecule has 2 aliphatic rings. The second kappa shape index (κ2) is 6.78. The number of aromatic nitrogens is 2. The second-order valence-corrected chi connectivity index (χ2v) is 7.62. The molecule has 0 N–H and O–H groups in total. The average Bonchev–Trinajstić information content (AvgIpc) is 3.43. The van der Waals surface area contributed by atoms with Gasteiger partial charge in [0.1, 0.15) is 0 Å². The molecule has 0 spiro atoms. The van der Waals surface area contributed by atoms with E-state index in [1.807, 2.05) is 53.4 Å². The number of carbonyl (C=O) groups excluding carboxylic acids is 1. The number of anilines is 1. The Hall–Kier alpha value is -3.15. The summed E-state index contributed by atoms with van der Waals surface area (Å²) in [4.78, 5) is 21.1. The van der Waals surface area contributed by atoms with E-state index in [1.54, 1.807) is 6.92 Å². The molecule has 142 valence electrons. The van der Waals surface area contributed by atoms with Crippen molar-refractivity contribution in [2.45, 2.75) is 13.0 Å². The van der Waals surface area contributed by atoms with Crippen molar-refractivity contribution >= 4 is 11.9 Å². The van der Waals surface area contributed by atoms with Gasteiger partial charge in [-0.1, -0.05) is 48.5 Å². The predicted molar refractivity (Wildman–Crippen MR) is 105 cm³/mol. The van der Waals surface area contributed by atoms with Crippen LogP contribution in [0.15, 0.2) is 65.2 Å². The third-order valence-corrected chi connectivity index (χ3v) is 5.93. The lowest BCUT2D eigenvalue weighted by Gasteiger charge is -2.28. The minimum absolute atomic E-state index is 0.106. The summed E-state index contributed by atoms with van der Waals surface area (Å²) in [6.07, 6.45) is 0. The van der Waals surface area contributed by atoms with E-state index in [9.17, 15) is 4.79 Å². The van der Waals surface area contributed by atoms with Crippen LogP contribution in [0.25, 0.3) is 11.5 Å². The van der Waals surface area contributed by atoms with E-state index in [1.165, 1.54) is 5.56 Å². The van der Waals surface area contributed by atoms with Crippen molar-refractivity contribution < 1.29 is 9.32 Å². The molecule has 1 aromatic heterocycles. The van der Waals surface area contributed by atoms with Crippen LogP contribution >= 0.6 is 0 Å². The van der Waals surface area contributed by atoms with Crippen LogP contribution < -0.4 is 4.90 Å². The van der Waals surface area contributed by atoms with E-state index in [-0.39, 0.29) is 11.9 Å². The quantitative estimate of drug-likeness (QED) is 0.703. The Bertz CT molecular complexity index is 972. The molecule has 3 heterocycles. The molecule has 5 rings (SSSR count). The number of rotatable bonds is 3. The Balaban J connectivity index is 1.40. The van der Waals surface area contributed by atoms with E-state index in [2.05, 4.69) is 27.2 Å². The van der Waals surface area contributed by atoms with Crippen molar-refractivity contribution in [3.63, 3.8) is 0 Å². The van der Waals surface area contributed by atoms with Crippen LogP contribution in [0.3, 0.4) is 0 Å². The summed E-state index contributed by atoms with van der Waals surface area (Å²) in [6.45, 7) is 4.10. The fourth-order valence-corrected chi connectivity index (χ4v) is 4.65. The molecule has 28 heavy (non-hydrogen) atoms. The van der Waals surface area contributed by atoms with Gasteiger partial charge in [-0.3, -0.25) is 4.79 Å². The van der Waals surface area contributed by atoms with Crippen LogP contribution in [0.1, 0.15) is 18.5 Å². The number of carbonyl (C=O) groups is 1. The van der Waals surface area contributed by atoms with Gasteiger partial charge in [-0.2, -0.15) is 4.98 Å². The van der Waals surface area contributed by atoms with Crippen molar-refractivity contribution in [1.82, 2.24) is 15.0 Å². The van der Waals surface area contributed by atoms with Gasteiger partial charge < -0.3 is 14.3 Å². The number of amides is 1. The average molecular weight is 374 g/mol. The van der Waals surface area contributed by atoms with Crippen molar-refractivity contribution in [2.75, 3.05) is 24.5 Å². The molecule has 0 aliphatic carbocycles. The number of hydrogen-bond donors (Lipinski definition) is 0. The van der Waals surface area contributed by atoms with E-state index in [0.29, 0.717) is 23.7 Å². The molecule has 3 atom stereocenters. The third kappa shape index (κ3) is 2.85. The SMILES string of the molecule is CC(=O)N1C[C@H]2CN(c3noc(-c4ccccc4)n3)C[C@H]2[C@H]1c1ccccc1. The van der Waals surface area contributed by atoms with Gasteiger partial charge in [-0.25, -0.2) is 0 Å². The summed E-state index contributed by atoms with van der Waals surface area (Å²) >= 11 is 0. The van der Waals surface area contributed by atoms with E-state index in [4.69, 9.17) is 4.52 Å². The topological polar surface area (TPSA) is 62.5 Å². The minimum atomic E-state index is 0.106. The van der Waals surface area contributed by atoms with Gasteiger partial charge in [0.25, 0.3) is 11.8 Å². The summed E-state index contributed by atoms with van der Waals surface area (Å²) in [7, 11) is 0. The van der Waals surface area contributed by atoms with Crippen LogP contribution in [0.2, 0.25) is 0 Å². The van der Waals surface area contributed by atoms with Crippen LogP contribution in [0.4, 0.5) is 5.95 Å². The van der Waals surface area contributed by atoms with Crippen molar-refractivity contribution in [1.29, 1.82) is 0 Å². The lowest BCUT2D eigenvalue weighted by Crippen LogP contribution is -2.34. The third-order valence-electron chi connectivity index (χ3n) is 5.93. The van der Waals surface area contributed by atoms with Crippen LogP contribution in [-0.4, -0.2) is 40.6 Å². The Morgan fingerprint density at radius 2 is 1.71 bits per heavy atom. The first-order valence-corrected chi connectivity index (χ1v) is 9.67. The van der Waals surface area contributed by atoms with Gasteiger partial charge >= 0.3 is 0 Å². The maximum absolute atomic E-state index is 12.2. The highest BCUT2D eigenvalue weighted by Crippen LogP contribution is 2.45. The Labute approximate surface area is 163 Å². The first-order chi connectivity index (χ1) is 13.7. The fraction of sp³-hybridized carbons (Fsp3) is 0.318. The molecule has 6 nitrogen and oxygen atoms in total. The van der Waals surface area contributed by atoms with E-state index in [0.717, 1.165) is 25.2 Å². The van der Waals surface area contributed by atoms with Gasteiger partial charge in [0.15, 0.2) is 0 Å². The highest BCUT2D eigenvalue weighted by atomic mass is 16.5. The molecule has 0 radical (unpaired) electrons. The number of likely N-dealkylation sites (tertiary alicyclic amines) is 1. The Kier molecular flexibility index (Phi) is 4.11. The molecule has 0 unspecified atom stereocenters. The van der Waals surface area contributed by atoms with Crippen molar-refractivity contribution in [3.8, 4) is 11.5 Å². The first kappa shape index (κ1) is 17.0. The number of nitrogens with zero attached hydrogens (tertiary/aromatic N) is 4. The van der Waals surface area contributed by atoms with E-state index < -0.39 is 0 Å². The van der Waals surface area contributed by atoms with Gasteiger partial charge in [-0.05, 0) is 22.9 Å². The standard InChI is InChI=1S/C22H22N4O2/c1-15(27)26-13-18-12-25(14-19(18)20(26)16-8-4-2-5-9-16)22-23-21(28-24-22)17-10-6-3-7-11-17/h2-11,18-20H,12-14H2,1H3/t18-,19-,20-/m1/s1. The summed E-state index contributed by atoms with van der Waals surface area (Å²) in [5.41, 5.74) is 2.12. The maximum Gasteiger partial charge on any atom is 0.266 e. The zero-order valence-corrected chi connectivity index (χ0v) is 15.7. The molecule has 2 aromatic carbocycles. The number of hydrogen-bond acceptors (Lipinski definition) is 5. The zero-order chi connectivity index (χ0) is 19.1. The van der Waals surface area contributed by atoms with Gasteiger partial charge in [0.05, 0.1) is 6.04 Å². The second-order valence-electron chi connectivity index (χ2n) is 7.62. The molecule has 2 saturated heterocycles. The monoisotopic (exact) mass is 374 g/mol. The molecule has 2 aliphatic heterocycles. The molecule has 1 amide bonds. The molecule has 0 saturated carbocycles. The van der Waals surface area contributed by atoms with E-state index >= 15 is 0 Å². The zero-order valence-electron chi connectivity index (χ0n) is 15.7. The highest BCUT2D eigenvalue weighted by Gasteiger charge is 2.49. The lowest BCUT2D eigenvalue weighted by atomic mass is 9.89. The summed E-state index contributed by atoms with van der Waals surface area (Å²) in [5, 5.41) is 4.21. The largest absolute Gasteiger partial charge is 0.337 e. The van der Waals surface area contributed by atoms with Crippen LogP contribution in [-0.2, 0) is 4.79 Å². The summed E-state index contributed by atoms with van der Waals surface area (Å²) in [6, 6.07) is 20.2. The van der Waals surface area contributed by atoms with Gasteiger partial charge in [0.2, 0.25) is 5.91 Å². The molecule has 0 bridgehead atoms. The van der Waals surface area contributed by atoms with Crippen molar-refractivity contribution in [3.05, 3.63) is 66.2 Å². The lowest BCUT2D eigenvalue weighted by molar-refractivity contribution is -0.130. The summed E-state index contributed by atoms with van der Waals surface area (Å²) < 4.78 is 5.49. The molecular weight excluding hydrogens is 352 g/mol. The molecule has 2 fully saturated rings. The predicted octanol–water partition coefficient (Wildman–Crippen LogP) is 3.39. The number of benzene rings is 2. The highest BCUT2D eigenvalue weighted by molar-refractivity contribution is 5.74. The van der Waals surface area contributed by atoms with Gasteiger partial charge in [-0.15, -0.1) is 0 Å². The minimum Gasteiger partial charge on any atom is -0.337 e. The smallest absolute Gasteiger partial charge is 0.266 e. The molecule has 3 aromatic rings. The fourth-order valence-electron chi connectivity index (χ4n) is 4.65. The summed E-state index contributed by atoms with van der Waals surface area (Å²) in [5.74, 6) is 2.09. The Morgan fingerprint density at radius 1 is 1.00 bits per heavy atom. The normalized spacial score (nSPS) is 23.8. The first-order valence-electron chi connectivity index (χ1n) is 9.67. The number of fused-ring (bicyclic) bond motifs is 1.